The van der Waals surface area contributed by atoms with Gasteiger partial charge in [0.15, 0.2) is 0 Å². The Morgan fingerprint density at radius 3 is 2.65 bits per heavy atom. The summed E-state index contributed by atoms with van der Waals surface area (Å²) < 4.78 is 0. The molecule has 112 valence electrons. The van der Waals surface area contributed by atoms with Crippen molar-refractivity contribution < 1.29 is 0 Å². The molecule has 0 atom stereocenters. The fourth-order valence-corrected chi connectivity index (χ4v) is 2.02. The van der Waals surface area contributed by atoms with Crippen LogP contribution in [0.3, 0.4) is 0 Å². The molecule has 1 aliphatic heterocycles. The second-order valence-corrected chi connectivity index (χ2v) is 5.02. The summed E-state index contributed by atoms with van der Waals surface area (Å²) in [6.07, 6.45) is 6.45. The average molecular weight is 278 g/mol. The van der Waals surface area contributed by atoms with Gasteiger partial charge in [-0.15, -0.1) is 0 Å². The van der Waals surface area contributed by atoms with E-state index in [1.54, 1.807) is 6.20 Å². The number of piperidine rings is 1. The number of hydrogen-bond acceptors (Lipinski definition) is 4. The number of anilines is 1. The van der Waals surface area contributed by atoms with Crippen molar-refractivity contribution in [2.75, 3.05) is 24.5 Å². The van der Waals surface area contributed by atoms with Crippen LogP contribution in [-0.2, 0) is 0 Å². The standard InChI is InChI=1S/C9H13N3O.C6H13N/c13-9-10-5-4-8(11-9)12-6-2-1-3-7-12;1-4-5-7-6(2)3/h4-5H,1-3,6-7H2,(H,10,11,13);7H,2,4-5H2,1,3H3. The molecular weight excluding hydrogens is 252 g/mol. The topological polar surface area (TPSA) is 61.0 Å². The quantitative estimate of drug-likeness (QED) is 0.887. The van der Waals surface area contributed by atoms with Gasteiger partial charge in [-0.3, -0.25) is 4.98 Å². The maximum atomic E-state index is 10.9. The number of H-pyrrole nitrogens is 1. The maximum Gasteiger partial charge on any atom is 0.346 e. The highest BCUT2D eigenvalue weighted by molar-refractivity contribution is 5.36. The zero-order valence-electron chi connectivity index (χ0n) is 12.6. The molecule has 2 rings (SSSR count). The number of aromatic nitrogens is 2. The minimum Gasteiger partial charge on any atom is -0.389 e. The van der Waals surface area contributed by atoms with Gasteiger partial charge >= 0.3 is 5.69 Å². The number of allylic oxidation sites excluding steroid dienone is 1. The first kappa shape index (κ1) is 16.3. The van der Waals surface area contributed by atoms with Crippen LogP contribution >= 0.6 is 0 Å². The van der Waals surface area contributed by atoms with Gasteiger partial charge < -0.3 is 10.2 Å². The zero-order chi connectivity index (χ0) is 14.8. The van der Waals surface area contributed by atoms with E-state index in [4.69, 9.17) is 0 Å². The first-order chi connectivity index (χ1) is 9.63. The third-order valence-corrected chi connectivity index (χ3v) is 3.03. The van der Waals surface area contributed by atoms with Gasteiger partial charge in [0, 0.05) is 31.5 Å². The molecule has 0 bridgehead atoms. The molecule has 0 unspecified atom stereocenters. The Bertz CT molecular complexity index is 449. The summed E-state index contributed by atoms with van der Waals surface area (Å²) in [4.78, 5) is 19.5. The molecule has 0 radical (unpaired) electrons. The van der Waals surface area contributed by atoms with E-state index in [1.165, 1.54) is 25.7 Å². The minimum absolute atomic E-state index is 0.261. The highest BCUT2D eigenvalue weighted by Gasteiger charge is 2.10. The lowest BCUT2D eigenvalue weighted by Crippen LogP contribution is -2.31. The van der Waals surface area contributed by atoms with E-state index in [-0.39, 0.29) is 5.69 Å². The monoisotopic (exact) mass is 278 g/mol. The van der Waals surface area contributed by atoms with E-state index in [1.807, 2.05) is 13.0 Å². The predicted octanol–water partition coefficient (Wildman–Crippen LogP) is 2.28. The Kier molecular flexibility index (Phi) is 7.47. The van der Waals surface area contributed by atoms with E-state index in [0.717, 1.165) is 31.1 Å². The molecule has 0 aliphatic carbocycles. The third-order valence-electron chi connectivity index (χ3n) is 3.03. The smallest absolute Gasteiger partial charge is 0.346 e. The van der Waals surface area contributed by atoms with Crippen molar-refractivity contribution >= 4 is 5.82 Å². The highest BCUT2D eigenvalue weighted by atomic mass is 16.1. The van der Waals surface area contributed by atoms with Gasteiger partial charge in [0.1, 0.15) is 5.82 Å². The van der Waals surface area contributed by atoms with Gasteiger partial charge in [-0.25, -0.2) is 9.78 Å². The summed E-state index contributed by atoms with van der Waals surface area (Å²) in [5.41, 5.74) is 0.796. The SMILES string of the molecule is C=C(C)NCCC.O=c1nccc(N2CCCCC2)[nH]1. The molecule has 1 aromatic rings. The Labute approximate surface area is 121 Å². The van der Waals surface area contributed by atoms with Crippen LogP contribution in [0.25, 0.3) is 0 Å². The Morgan fingerprint density at radius 1 is 1.45 bits per heavy atom. The van der Waals surface area contributed by atoms with Crippen molar-refractivity contribution in [1.82, 2.24) is 15.3 Å². The molecule has 1 saturated heterocycles. The lowest BCUT2D eigenvalue weighted by atomic mass is 10.1. The van der Waals surface area contributed by atoms with Crippen LogP contribution in [0.4, 0.5) is 5.82 Å². The van der Waals surface area contributed by atoms with Crippen molar-refractivity contribution in [3.63, 3.8) is 0 Å². The summed E-state index contributed by atoms with van der Waals surface area (Å²) in [5.74, 6) is 0.903. The van der Waals surface area contributed by atoms with Gasteiger partial charge in [-0.1, -0.05) is 13.5 Å². The molecule has 0 spiro atoms. The average Bonchev–Trinajstić information content (AvgIpc) is 2.47. The fourth-order valence-electron chi connectivity index (χ4n) is 2.02. The zero-order valence-corrected chi connectivity index (χ0v) is 12.6. The van der Waals surface area contributed by atoms with Crippen LogP contribution in [-0.4, -0.2) is 29.6 Å². The minimum atomic E-state index is -0.261. The van der Waals surface area contributed by atoms with Crippen LogP contribution in [0.2, 0.25) is 0 Å². The van der Waals surface area contributed by atoms with E-state index in [0.29, 0.717) is 0 Å². The van der Waals surface area contributed by atoms with Crippen molar-refractivity contribution in [2.24, 2.45) is 0 Å². The van der Waals surface area contributed by atoms with Crippen molar-refractivity contribution in [1.29, 1.82) is 0 Å². The Balaban J connectivity index is 0.000000246. The lowest BCUT2D eigenvalue weighted by molar-refractivity contribution is 0.572. The summed E-state index contributed by atoms with van der Waals surface area (Å²) >= 11 is 0. The van der Waals surface area contributed by atoms with Gasteiger partial charge in [-0.2, -0.15) is 0 Å². The Morgan fingerprint density at radius 2 is 2.15 bits per heavy atom. The summed E-state index contributed by atoms with van der Waals surface area (Å²) in [6.45, 7) is 10.9. The summed E-state index contributed by atoms with van der Waals surface area (Å²) in [5, 5.41) is 3.10. The second kappa shape index (κ2) is 9.18. The van der Waals surface area contributed by atoms with Gasteiger partial charge in [-0.05, 0) is 38.7 Å². The van der Waals surface area contributed by atoms with E-state index < -0.39 is 0 Å². The molecule has 1 aromatic heterocycles. The first-order valence-corrected chi connectivity index (χ1v) is 7.33. The number of nitrogens with zero attached hydrogens (tertiary/aromatic N) is 2. The fraction of sp³-hybridized carbons (Fsp3) is 0.600. The number of rotatable bonds is 4. The molecule has 20 heavy (non-hydrogen) atoms. The predicted molar refractivity (Wildman–Crippen MR) is 84.0 cm³/mol. The van der Waals surface area contributed by atoms with Crippen molar-refractivity contribution in [2.45, 2.75) is 39.5 Å². The van der Waals surface area contributed by atoms with Crippen LogP contribution < -0.4 is 15.9 Å². The van der Waals surface area contributed by atoms with Crippen molar-refractivity contribution in [3.8, 4) is 0 Å². The van der Waals surface area contributed by atoms with Gasteiger partial charge in [0.05, 0.1) is 0 Å². The van der Waals surface area contributed by atoms with Gasteiger partial charge in [0.2, 0.25) is 0 Å². The van der Waals surface area contributed by atoms with Crippen LogP contribution in [0.1, 0.15) is 39.5 Å². The Hall–Kier alpha value is -1.78. The van der Waals surface area contributed by atoms with E-state index in [9.17, 15) is 4.79 Å². The normalized spacial score (nSPS) is 14.2. The molecule has 0 aromatic carbocycles. The van der Waals surface area contributed by atoms with E-state index in [2.05, 4.69) is 33.7 Å². The number of hydrogen-bond donors (Lipinski definition) is 2. The molecule has 5 heteroatoms. The largest absolute Gasteiger partial charge is 0.389 e. The molecule has 0 saturated carbocycles. The molecular formula is C15H26N4O. The summed E-state index contributed by atoms with van der Waals surface area (Å²) in [7, 11) is 0. The summed E-state index contributed by atoms with van der Waals surface area (Å²) in [6, 6.07) is 1.85. The van der Waals surface area contributed by atoms with E-state index >= 15 is 0 Å². The number of aromatic amines is 1. The second-order valence-electron chi connectivity index (χ2n) is 5.02. The molecule has 1 aliphatic rings. The maximum absolute atomic E-state index is 10.9. The highest BCUT2D eigenvalue weighted by Crippen LogP contribution is 2.14. The first-order valence-electron chi connectivity index (χ1n) is 7.33. The van der Waals surface area contributed by atoms with Crippen LogP contribution in [0.5, 0.6) is 0 Å². The molecule has 5 nitrogen and oxygen atoms in total. The molecule has 2 N–H and O–H groups in total. The third kappa shape index (κ3) is 6.41. The molecule has 1 fully saturated rings. The number of nitrogens with one attached hydrogen (secondary N) is 2. The molecule has 0 amide bonds. The molecule has 2 heterocycles. The van der Waals surface area contributed by atoms with Gasteiger partial charge in [0.25, 0.3) is 0 Å². The van der Waals surface area contributed by atoms with Crippen molar-refractivity contribution in [3.05, 3.63) is 35.0 Å². The van der Waals surface area contributed by atoms with Crippen LogP contribution in [0.15, 0.2) is 29.3 Å². The lowest BCUT2D eigenvalue weighted by Gasteiger charge is -2.27. The van der Waals surface area contributed by atoms with Crippen LogP contribution in [0, 0.1) is 0 Å².